The summed E-state index contributed by atoms with van der Waals surface area (Å²) in [6.45, 7) is 5.03. The summed E-state index contributed by atoms with van der Waals surface area (Å²) in [5.41, 5.74) is 0. The van der Waals surface area contributed by atoms with Gasteiger partial charge < -0.3 is 3.71 Å². The van der Waals surface area contributed by atoms with Crippen LogP contribution in [0.5, 0.6) is 0 Å². The third-order valence-corrected chi connectivity index (χ3v) is 4.24. The summed E-state index contributed by atoms with van der Waals surface area (Å²) in [4.78, 5) is 0.238. The monoisotopic (exact) mass is 175 g/mol. The third kappa shape index (κ3) is 2.27. The number of allylic oxidation sites excluding steroid dienone is 2. The van der Waals surface area contributed by atoms with Crippen LogP contribution in [-0.2, 0) is 10.0 Å². The van der Waals surface area contributed by atoms with Gasteiger partial charge in [-0.1, -0.05) is 12.7 Å². The fraction of sp³-hybridized carbons (Fsp3) is 0.200. The number of sulfonamides is 1. The van der Waals surface area contributed by atoms with Crippen molar-refractivity contribution in [1.29, 1.82) is 0 Å². The molecule has 0 aromatic carbocycles. The molecule has 5 heteroatoms. The van der Waals surface area contributed by atoms with Crippen LogP contribution in [0.15, 0.2) is 23.6 Å². The minimum atomic E-state index is -3.21. The summed E-state index contributed by atoms with van der Waals surface area (Å²) in [6, 6.07) is 0. The molecule has 3 nitrogen and oxygen atoms in total. The van der Waals surface area contributed by atoms with Crippen LogP contribution in [0.3, 0.4) is 0 Å². The second kappa shape index (κ2) is 3.94. The Balaban J connectivity index is 4.81. The molecule has 0 radical (unpaired) electrons. The first-order valence-electron chi connectivity index (χ1n) is 2.80. The predicted octanol–water partition coefficient (Wildman–Crippen LogP) is -0.456. The van der Waals surface area contributed by atoms with Crippen molar-refractivity contribution in [2.75, 3.05) is 0 Å². The molecule has 0 unspecified atom stereocenters. The van der Waals surface area contributed by atoms with E-state index in [0.717, 1.165) is 0 Å². The lowest BCUT2D eigenvalue weighted by atomic mass is 10.5. The maximum atomic E-state index is 10.9. The number of rotatable bonds is 3. The molecular formula is C5H10AlNO2S. The molecule has 0 aromatic heterocycles. The van der Waals surface area contributed by atoms with Crippen LogP contribution in [0.4, 0.5) is 0 Å². The first-order chi connectivity index (χ1) is 4.58. The van der Waals surface area contributed by atoms with Crippen LogP contribution >= 0.6 is 0 Å². The van der Waals surface area contributed by atoms with Crippen molar-refractivity contribution in [3.8, 4) is 0 Å². The Hall–Kier alpha value is -0.0775. The number of hydrogen-bond acceptors (Lipinski definition) is 2. The molecule has 0 aliphatic carbocycles. The highest BCUT2D eigenvalue weighted by molar-refractivity contribution is 7.94. The van der Waals surface area contributed by atoms with Crippen LogP contribution in [0.2, 0.25) is 0 Å². The van der Waals surface area contributed by atoms with Gasteiger partial charge in [-0.25, -0.2) is 8.42 Å². The van der Waals surface area contributed by atoms with Gasteiger partial charge in [-0.15, -0.1) is 0 Å². The van der Waals surface area contributed by atoms with Crippen molar-refractivity contribution >= 4 is 26.5 Å². The Morgan fingerprint density at radius 3 is 2.30 bits per heavy atom. The Morgan fingerprint density at radius 1 is 1.70 bits per heavy atom. The van der Waals surface area contributed by atoms with E-state index in [1.807, 2.05) is 0 Å². The van der Waals surface area contributed by atoms with E-state index in [9.17, 15) is 8.42 Å². The summed E-state index contributed by atoms with van der Waals surface area (Å²) in [6.07, 6.45) is 2.83. The van der Waals surface area contributed by atoms with E-state index in [4.69, 9.17) is 0 Å². The summed E-state index contributed by atoms with van der Waals surface area (Å²) < 4.78 is 24.2. The van der Waals surface area contributed by atoms with Crippen molar-refractivity contribution in [1.82, 2.24) is 3.71 Å². The molecule has 0 aliphatic heterocycles. The van der Waals surface area contributed by atoms with E-state index in [0.29, 0.717) is 16.5 Å². The summed E-state index contributed by atoms with van der Waals surface area (Å²) in [7, 11) is -3.21. The van der Waals surface area contributed by atoms with Gasteiger partial charge in [0.1, 0.15) is 0 Å². The Bertz CT molecular complexity index is 242. The average Bonchev–Trinajstić information content (AvgIpc) is 1.90. The van der Waals surface area contributed by atoms with E-state index >= 15 is 0 Å². The molecule has 0 saturated heterocycles. The van der Waals surface area contributed by atoms with Gasteiger partial charge in [0.15, 0.2) is 0 Å². The van der Waals surface area contributed by atoms with E-state index in [-0.39, 0.29) is 4.91 Å². The van der Waals surface area contributed by atoms with Gasteiger partial charge in [0, 0.05) is 0 Å². The molecule has 0 amide bonds. The minimum absolute atomic E-state index is 0.238. The molecule has 0 atom stereocenters. The summed E-state index contributed by atoms with van der Waals surface area (Å²) in [5, 5.41) is 0. The number of hydrogen-bond donors (Lipinski definition) is 1. The molecule has 0 aliphatic rings. The van der Waals surface area contributed by atoms with Gasteiger partial charge in [0.25, 0.3) is 0 Å². The van der Waals surface area contributed by atoms with Crippen molar-refractivity contribution in [3.63, 3.8) is 0 Å². The van der Waals surface area contributed by atoms with Crippen molar-refractivity contribution < 1.29 is 8.42 Å². The first kappa shape index (κ1) is 9.92. The van der Waals surface area contributed by atoms with Gasteiger partial charge >= 0.3 is 16.5 Å². The SMILES string of the molecule is C=C/C(=C\C)S(=O)(=O)[NH][AlH2]. The molecule has 1 N–H and O–H groups in total. The minimum Gasteiger partial charge on any atom is -0.301 e. The zero-order chi connectivity index (χ0) is 8.20. The number of nitrogens with one attached hydrogen (secondary N) is 1. The van der Waals surface area contributed by atoms with Crippen molar-refractivity contribution in [3.05, 3.63) is 23.6 Å². The highest BCUT2D eigenvalue weighted by atomic mass is 32.2. The lowest BCUT2D eigenvalue weighted by molar-refractivity contribution is 0.601. The summed E-state index contributed by atoms with van der Waals surface area (Å²) in [5.74, 6) is 0. The molecule has 0 aromatic rings. The van der Waals surface area contributed by atoms with Gasteiger partial charge in [-0.2, -0.15) is 0 Å². The van der Waals surface area contributed by atoms with E-state index in [2.05, 4.69) is 10.3 Å². The lowest BCUT2D eigenvalue weighted by Crippen LogP contribution is -2.20. The fourth-order valence-electron chi connectivity index (χ4n) is 0.501. The van der Waals surface area contributed by atoms with Gasteiger partial charge in [-0.3, -0.25) is 0 Å². The second-order valence-corrected chi connectivity index (χ2v) is 4.71. The molecule has 10 heavy (non-hydrogen) atoms. The van der Waals surface area contributed by atoms with Crippen LogP contribution in [-0.4, -0.2) is 24.9 Å². The van der Waals surface area contributed by atoms with Crippen LogP contribution in [0.25, 0.3) is 0 Å². The molecule has 0 spiro atoms. The maximum absolute atomic E-state index is 10.9. The molecular weight excluding hydrogens is 165 g/mol. The highest BCUT2D eigenvalue weighted by Crippen LogP contribution is 2.02. The molecule has 0 rings (SSSR count). The van der Waals surface area contributed by atoms with E-state index in [1.54, 1.807) is 6.92 Å². The maximum Gasteiger partial charge on any atom is 0.340 e. The van der Waals surface area contributed by atoms with Gasteiger partial charge in [-0.05, 0) is 13.0 Å². The first-order valence-corrected chi connectivity index (χ1v) is 5.29. The fourth-order valence-corrected chi connectivity index (χ4v) is 1.97. The molecule has 56 valence electrons. The smallest absolute Gasteiger partial charge is 0.301 e. The molecule has 0 fully saturated rings. The van der Waals surface area contributed by atoms with Crippen molar-refractivity contribution in [2.45, 2.75) is 6.92 Å². The second-order valence-electron chi connectivity index (χ2n) is 1.60. The van der Waals surface area contributed by atoms with Gasteiger partial charge in [0.2, 0.25) is 10.0 Å². The normalized spacial score (nSPS) is 13.1. The van der Waals surface area contributed by atoms with E-state index in [1.165, 1.54) is 12.2 Å². The quantitative estimate of drug-likeness (QED) is 0.466. The van der Waals surface area contributed by atoms with Crippen LogP contribution in [0, 0.1) is 0 Å². The third-order valence-electron chi connectivity index (χ3n) is 1.06. The zero-order valence-electron chi connectivity index (χ0n) is 6.09. The van der Waals surface area contributed by atoms with Crippen LogP contribution < -0.4 is 3.71 Å². The molecule has 0 bridgehead atoms. The predicted molar refractivity (Wildman–Crippen MR) is 44.6 cm³/mol. The van der Waals surface area contributed by atoms with Crippen molar-refractivity contribution in [2.24, 2.45) is 0 Å². The highest BCUT2D eigenvalue weighted by Gasteiger charge is 2.08. The lowest BCUT2D eigenvalue weighted by Gasteiger charge is -2.00. The topological polar surface area (TPSA) is 46.2 Å². The molecule has 0 heterocycles. The Kier molecular flexibility index (Phi) is 3.91. The van der Waals surface area contributed by atoms with Gasteiger partial charge in [0.05, 0.1) is 4.91 Å². The van der Waals surface area contributed by atoms with Crippen LogP contribution in [0.1, 0.15) is 6.92 Å². The van der Waals surface area contributed by atoms with E-state index < -0.39 is 10.0 Å². The molecule has 0 saturated carbocycles. The largest absolute Gasteiger partial charge is 0.340 e. The zero-order valence-corrected chi connectivity index (χ0v) is 8.90. The Labute approximate surface area is 69.5 Å². The Morgan fingerprint density at radius 2 is 2.20 bits per heavy atom. The standard InChI is InChI=1S/C5H8NO2S.Al.2H/c1-3-5(4-2)9(6,7)8;;;/h3-4H,1H2,2H3,(H-,6,7,8);;;/q-1;+1;;/b5-4+;;;. The summed E-state index contributed by atoms with van der Waals surface area (Å²) >= 11 is 0.428. The average molecular weight is 175 g/mol.